The lowest BCUT2D eigenvalue weighted by atomic mass is 10.0. The molecule has 0 bridgehead atoms. The molecular formula is C40H74O3. The first-order chi connectivity index (χ1) is 21.3. The Balaban J connectivity index is 3.21. The normalized spacial score (nSPS) is 12.0. The van der Waals surface area contributed by atoms with E-state index in [9.17, 15) is 4.79 Å². The van der Waals surface area contributed by atoms with Crippen LogP contribution >= 0.6 is 0 Å². The van der Waals surface area contributed by atoms with Gasteiger partial charge in [0.15, 0.2) is 0 Å². The van der Waals surface area contributed by atoms with Crippen LogP contribution in [0.3, 0.4) is 0 Å². The molecular weight excluding hydrogens is 528 g/mol. The second kappa shape index (κ2) is 38.7. The molecule has 0 atom stereocenters. The summed E-state index contributed by atoms with van der Waals surface area (Å²) in [5.41, 5.74) is 0. The summed E-state index contributed by atoms with van der Waals surface area (Å²) in [4.78, 5) is 11.9. The van der Waals surface area contributed by atoms with Gasteiger partial charge in [-0.2, -0.15) is 0 Å². The van der Waals surface area contributed by atoms with Gasteiger partial charge in [0.25, 0.3) is 0 Å². The number of aliphatic hydroxyl groups excluding tert-OH is 1. The number of carbonyl (C=O) groups excluding carboxylic acids is 1. The van der Waals surface area contributed by atoms with Crippen LogP contribution in [-0.4, -0.2) is 24.3 Å². The zero-order valence-electron chi connectivity index (χ0n) is 28.9. The van der Waals surface area contributed by atoms with Crippen molar-refractivity contribution in [2.45, 2.75) is 200 Å². The average Bonchev–Trinajstić information content (AvgIpc) is 3.01. The van der Waals surface area contributed by atoms with Gasteiger partial charge in [-0.25, -0.2) is 0 Å². The summed E-state index contributed by atoms with van der Waals surface area (Å²) < 4.78 is 5.44. The molecule has 0 aliphatic carbocycles. The number of ether oxygens (including phenoxy) is 1. The largest absolute Gasteiger partial charge is 0.466 e. The van der Waals surface area contributed by atoms with E-state index in [1.807, 2.05) is 0 Å². The molecule has 0 unspecified atom stereocenters. The molecule has 0 radical (unpaired) electrons. The van der Waals surface area contributed by atoms with E-state index >= 15 is 0 Å². The molecule has 0 fully saturated rings. The minimum atomic E-state index is 0.00225. The number of rotatable bonds is 35. The molecule has 1 N–H and O–H groups in total. The molecule has 0 aliphatic rings. The Morgan fingerprint density at radius 1 is 0.465 bits per heavy atom. The molecule has 0 heterocycles. The van der Waals surface area contributed by atoms with Crippen LogP contribution in [0.4, 0.5) is 0 Å². The lowest BCUT2D eigenvalue weighted by Gasteiger charge is -2.06. The van der Waals surface area contributed by atoms with E-state index < -0.39 is 0 Å². The van der Waals surface area contributed by atoms with Crippen molar-refractivity contribution >= 4 is 5.97 Å². The second-order valence-electron chi connectivity index (χ2n) is 12.6. The van der Waals surface area contributed by atoms with Crippen LogP contribution in [0.15, 0.2) is 36.5 Å². The maximum absolute atomic E-state index is 11.9. The van der Waals surface area contributed by atoms with Crippen LogP contribution in [0, 0.1) is 0 Å². The fourth-order valence-corrected chi connectivity index (χ4v) is 5.54. The second-order valence-corrected chi connectivity index (χ2v) is 12.6. The Bertz CT molecular complexity index is 621. The van der Waals surface area contributed by atoms with E-state index in [-0.39, 0.29) is 5.97 Å². The van der Waals surface area contributed by atoms with Crippen LogP contribution in [-0.2, 0) is 9.53 Å². The topological polar surface area (TPSA) is 46.5 Å². The predicted octanol–water partition coefficient (Wildman–Crippen LogP) is 12.9. The van der Waals surface area contributed by atoms with Crippen molar-refractivity contribution in [2.75, 3.05) is 13.2 Å². The molecule has 3 heteroatoms. The van der Waals surface area contributed by atoms with Gasteiger partial charge < -0.3 is 9.84 Å². The minimum absolute atomic E-state index is 0.00225. The van der Waals surface area contributed by atoms with Gasteiger partial charge in [0.1, 0.15) is 0 Å². The van der Waals surface area contributed by atoms with E-state index in [1.54, 1.807) is 0 Å². The number of carbonyl (C=O) groups is 1. The van der Waals surface area contributed by atoms with Crippen molar-refractivity contribution < 1.29 is 14.6 Å². The van der Waals surface area contributed by atoms with Crippen molar-refractivity contribution in [1.82, 2.24) is 0 Å². The van der Waals surface area contributed by atoms with Crippen LogP contribution in [0.1, 0.15) is 200 Å². The van der Waals surface area contributed by atoms with Gasteiger partial charge in [-0.15, -0.1) is 0 Å². The third-order valence-corrected chi connectivity index (χ3v) is 8.35. The van der Waals surface area contributed by atoms with Crippen LogP contribution in [0.5, 0.6) is 0 Å². The van der Waals surface area contributed by atoms with E-state index in [0.717, 1.165) is 44.9 Å². The standard InChI is InChI=1S/C40H74O3/c1-2-3-4-5-6-7-8-9-16-19-22-25-28-31-34-37-40(42)43-39-36-33-30-27-24-21-18-15-13-11-10-12-14-17-20-23-26-29-32-35-38-41/h3-4,6-7,9,16,41H,2,5,8,10-15,17-39H2,1H3/b4-3-,7-6-,16-9-. The summed E-state index contributed by atoms with van der Waals surface area (Å²) in [6, 6.07) is 0. The van der Waals surface area contributed by atoms with Gasteiger partial charge in [-0.1, -0.05) is 178 Å². The number of aliphatic hydroxyl groups is 1. The first-order valence-corrected chi connectivity index (χ1v) is 19.0. The molecule has 0 rings (SSSR count). The molecule has 0 spiro atoms. The Morgan fingerprint density at radius 2 is 0.837 bits per heavy atom. The first-order valence-electron chi connectivity index (χ1n) is 19.0. The Labute approximate surface area is 269 Å². The highest BCUT2D eigenvalue weighted by atomic mass is 16.5. The molecule has 0 aromatic carbocycles. The summed E-state index contributed by atoms with van der Waals surface area (Å²) >= 11 is 0. The van der Waals surface area contributed by atoms with Gasteiger partial charge in [0.2, 0.25) is 0 Å². The summed E-state index contributed by atoms with van der Waals surface area (Å²) in [5.74, 6) is 0.00225. The molecule has 0 aliphatic heterocycles. The molecule has 252 valence electrons. The van der Waals surface area contributed by atoms with E-state index in [0.29, 0.717) is 19.6 Å². The highest BCUT2D eigenvalue weighted by molar-refractivity contribution is 5.69. The maximum Gasteiger partial charge on any atom is 0.305 e. The quantitative estimate of drug-likeness (QED) is 0.0446. The lowest BCUT2D eigenvalue weighted by Crippen LogP contribution is -2.05. The van der Waals surface area contributed by atoms with Gasteiger partial charge in [-0.05, 0) is 51.4 Å². The van der Waals surface area contributed by atoms with Gasteiger partial charge in [0, 0.05) is 13.0 Å². The van der Waals surface area contributed by atoms with E-state index in [1.165, 1.54) is 141 Å². The van der Waals surface area contributed by atoms with Crippen molar-refractivity contribution in [2.24, 2.45) is 0 Å². The molecule has 0 aromatic heterocycles. The highest BCUT2D eigenvalue weighted by Crippen LogP contribution is 2.15. The number of hydrogen-bond acceptors (Lipinski definition) is 3. The Morgan fingerprint density at radius 3 is 1.30 bits per heavy atom. The van der Waals surface area contributed by atoms with E-state index in [2.05, 4.69) is 43.4 Å². The molecule has 0 aromatic rings. The zero-order chi connectivity index (χ0) is 31.2. The summed E-state index contributed by atoms with van der Waals surface area (Å²) in [5, 5.41) is 8.79. The summed E-state index contributed by atoms with van der Waals surface area (Å²) in [6.45, 7) is 3.14. The fourth-order valence-electron chi connectivity index (χ4n) is 5.54. The molecule has 3 nitrogen and oxygen atoms in total. The van der Waals surface area contributed by atoms with Crippen LogP contribution in [0.2, 0.25) is 0 Å². The number of allylic oxidation sites excluding steroid dienone is 6. The summed E-state index contributed by atoms with van der Waals surface area (Å²) in [7, 11) is 0. The number of hydrogen-bond donors (Lipinski definition) is 1. The SMILES string of the molecule is CC/C=C\C/C=C\C/C=C\CCCCCCCC(=O)OCCCCCCCCCCCCCCCCCCCCCCO. The van der Waals surface area contributed by atoms with Crippen molar-refractivity contribution in [1.29, 1.82) is 0 Å². The van der Waals surface area contributed by atoms with Crippen molar-refractivity contribution in [3.8, 4) is 0 Å². The minimum Gasteiger partial charge on any atom is -0.466 e. The molecule has 0 saturated heterocycles. The smallest absolute Gasteiger partial charge is 0.305 e. The Kier molecular flexibility index (Phi) is 37.5. The molecule has 43 heavy (non-hydrogen) atoms. The summed E-state index contributed by atoms with van der Waals surface area (Å²) in [6.07, 6.45) is 50.9. The van der Waals surface area contributed by atoms with Gasteiger partial charge >= 0.3 is 5.97 Å². The van der Waals surface area contributed by atoms with Crippen LogP contribution < -0.4 is 0 Å². The predicted molar refractivity (Wildman–Crippen MR) is 190 cm³/mol. The first kappa shape index (κ1) is 41.7. The average molecular weight is 603 g/mol. The van der Waals surface area contributed by atoms with Gasteiger partial charge in [-0.3, -0.25) is 4.79 Å². The van der Waals surface area contributed by atoms with Crippen LogP contribution in [0.25, 0.3) is 0 Å². The Hall–Kier alpha value is -1.35. The maximum atomic E-state index is 11.9. The third kappa shape index (κ3) is 38.6. The van der Waals surface area contributed by atoms with Crippen molar-refractivity contribution in [3.05, 3.63) is 36.5 Å². The monoisotopic (exact) mass is 603 g/mol. The number of esters is 1. The fraction of sp³-hybridized carbons (Fsp3) is 0.825. The third-order valence-electron chi connectivity index (χ3n) is 8.35. The molecule has 0 amide bonds. The van der Waals surface area contributed by atoms with E-state index in [4.69, 9.17) is 9.84 Å². The zero-order valence-corrected chi connectivity index (χ0v) is 28.9. The highest BCUT2D eigenvalue weighted by Gasteiger charge is 2.02. The lowest BCUT2D eigenvalue weighted by molar-refractivity contribution is -0.143. The molecule has 0 saturated carbocycles. The number of unbranched alkanes of at least 4 members (excludes halogenated alkanes) is 24. The van der Waals surface area contributed by atoms with Crippen molar-refractivity contribution in [3.63, 3.8) is 0 Å². The van der Waals surface area contributed by atoms with Gasteiger partial charge in [0.05, 0.1) is 6.61 Å².